The van der Waals surface area contributed by atoms with Gasteiger partial charge in [-0.25, -0.2) is 15.0 Å². The lowest BCUT2D eigenvalue weighted by atomic mass is 10.1. The molecule has 4 N–H and O–H groups in total. The van der Waals surface area contributed by atoms with Crippen molar-refractivity contribution < 1.29 is 0 Å². The van der Waals surface area contributed by atoms with Crippen LogP contribution in [0.2, 0.25) is 0 Å². The van der Waals surface area contributed by atoms with E-state index in [9.17, 15) is 0 Å². The zero-order chi connectivity index (χ0) is 12.5. The summed E-state index contributed by atoms with van der Waals surface area (Å²) < 4.78 is 0. The van der Waals surface area contributed by atoms with Gasteiger partial charge < -0.3 is 11.5 Å². The monoisotopic (exact) mass is 237 g/mol. The second-order valence-electron chi connectivity index (χ2n) is 3.92. The Labute approximate surface area is 104 Å². The molecule has 2 aromatic heterocycles. The van der Waals surface area contributed by atoms with Gasteiger partial charge in [-0.15, -0.1) is 0 Å². The van der Waals surface area contributed by atoms with Crippen LogP contribution in [0.15, 0.2) is 42.6 Å². The molecule has 0 bridgehead atoms. The van der Waals surface area contributed by atoms with Crippen LogP contribution in [0.4, 0.5) is 11.6 Å². The summed E-state index contributed by atoms with van der Waals surface area (Å²) >= 11 is 0. The van der Waals surface area contributed by atoms with Gasteiger partial charge in [-0.1, -0.05) is 12.1 Å². The number of aromatic nitrogens is 3. The average Bonchev–Trinajstić information content (AvgIpc) is 2.38. The number of anilines is 2. The summed E-state index contributed by atoms with van der Waals surface area (Å²) in [6, 6.07) is 11.2. The Kier molecular flexibility index (Phi) is 2.30. The minimum atomic E-state index is 0.431. The SMILES string of the molecule is Nc1ccnc(-c2cccc3ccc(N)nc23)n1. The molecule has 0 aliphatic heterocycles. The molecular weight excluding hydrogens is 226 g/mol. The second kappa shape index (κ2) is 3.96. The van der Waals surface area contributed by atoms with Gasteiger partial charge in [0, 0.05) is 17.1 Å². The maximum absolute atomic E-state index is 5.72. The Morgan fingerprint density at radius 1 is 0.833 bits per heavy atom. The normalized spacial score (nSPS) is 10.7. The molecule has 88 valence electrons. The minimum absolute atomic E-state index is 0.431. The van der Waals surface area contributed by atoms with Crippen LogP contribution < -0.4 is 11.5 Å². The molecule has 0 amide bonds. The van der Waals surface area contributed by atoms with E-state index in [0.717, 1.165) is 16.5 Å². The Balaban J connectivity index is 2.32. The summed E-state index contributed by atoms with van der Waals surface area (Å²) in [4.78, 5) is 12.8. The Hall–Kier alpha value is -2.69. The number of para-hydroxylation sites is 1. The number of nitrogens with two attached hydrogens (primary N) is 2. The van der Waals surface area contributed by atoms with E-state index in [0.29, 0.717) is 17.5 Å². The molecule has 0 aliphatic rings. The number of benzene rings is 1. The van der Waals surface area contributed by atoms with Crippen LogP contribution in [-0.2, 0) is 0 Å². The lowest BCUT2D eigenvalue weighted by Crippen LogP contribution is -1.97. The van der Waals surface area contributed by atoms with Crippen molar-refractivity contribution in [1.29, 1.82) is 0 Å². The van der Waals surface area contributed by atoms with Crippen LogP contribution in [0, 0.1) is 0 Å². The first kappa shape index (κ1) is 10.5. The molecule has 18 heavy (non-hydrogen) atoms. The molecule has 1 aromatic carbocycles. The topological polar surface area (TPSA) is 90.7 Å². The van der Waals surface area contributed by atoms with E-state index in [1.807, 2.05) is 24.3 Å². The largest absolute Gasteiger partial charge is 0.384 e. The number of hydrogen-bond donors (Lipinski definition) is 2. The molecule has 3 rings (SSSR count). The van der Waals surface area contributed by atoms with Gasteiger partial charge in [0.25, 0.3) is 0 Å². The Morgan fingerprint density at radius 3 is 2.50 bits per heavy atom. The first-order valence-corrected chi connectivity index (χ1v) is 5.48. The van der Waals surface area contributed by atoms with Crippen molar-refractivity contribution in [3.8, 4) is 11.4 Å². The summed E-state index contributed by atoms with van der Waals surface area (Å²) in [6.45, 7) is 0. The van der Waals surface area contributed by atoms with E-state index in [-0.39, 0.29) is 0 Å². The maximum atomic E-state index is 5.72. The maximum Gasteiger partial charge on any atom is 0.163 e. The standard InChI is InChI=1S/C13H11N5/c14-10-5-4-8-2-1-3-9(12(8)17-10)13-16-7-6-11(15)18-13/h1-7H,(H2,14,17)(H2,15,16,18). The van der Waals surface area contributed by atoms with Gasteiger partial charge in [0.15, 0.2) is 5.82 Å². The fourth-order valence-corrected chi connectivity index (χ4v) is 1.85. The quantitative estimate of drug-likeness (QED) is 0.674. The van der Waals surface area contributed by atoms with Crippen molar-refractivity contribution in [3.63, 3.8) is 0 Å². The second-order valence-corrected chi connectivity index (χ2v) is 3.92. The number of nitrogens with zero attached hydrogens (tertiary/aromatic N) is 3. The molecule has 0 radical (unpaired) electrons. The molecule has 0 fully saturated rings. The molecule has 0 saturated heterocycles. The van der Waals surface area contributed by atoms with E-state index in [1.54, 1.807) is 18.3 Å². The van der Waals surface area contributed by atoms with Crippen molar-refractivity contribution in [2.75, 3.05) is 11.5 Å². The molecule has 5 nitrogen and oxygen atoms in total. The summed E-state index contributed by atoms with van der Waals surface area (Å²) in [5.41, 5.74) is 13.0. The van der Waals surface area contributed by atoms with Gasteiger partial charge in [0.1, 0.15) is 11.6 Å². The Bertz CT molecular complexity index is 723. The van der Waals surface area contributed by atoms with Crippen molar-refractivity contribution in [1.82, 2.24) is 15.0 Å². The smallest absolute Gasteiger partial charge is 0.163 e. The van der Waals surface area contributed by atoms with Crippen molar-refractivity contribution in [3.05, 3.63) is 42.6 Å². The van der Waals surface area contributed by atoms with Crippen LogP contribution >= 0.6 is 0 Å². The van der Waals surface area contributed by atoms with Crippen molar-refractivity contribution >= 4 is 22.5 Å². The molecule has 5 heteroatoms. The Morgan fingerprint density at radius 2 is 1.67 bits per heavy atom. The highest BCUT2D eigenvalue weighted by atomic mass is 14.9. The highest BCUT2D eigenvalue weighted by Gasteiger charge is 2.08. The van der Waals surface area contributed by atoms with E-state index >= 15 is 0 Å². The molecule has 0 atom stereocenters. The third-order valence-electron chi connectivity index (χ3n) is 2.66. The molecule has 0 spiro atoms. The van der Waals surface area contributed by atoms with Gasteiger partial charge in [0.2, 0.25) is 0 Å². The average molecular weight is 237 g/mol. The highest BCUT2D eigenvalue weighted by Crippen LogP contribution is 2.25. The fourth-order valence-electron chi connectivity index (χ4n) is 1.85. The van der Waals surface area contributed by atoms with E-state index < -0.39 is 0 Å². The summed E-state index contributed by atoms with van der Waals surface area (Å²) in [5.74, 6) is 1.46. The number of fused-ring (bicyclic) bond motifs is 1. The van der Waals surface area contributed by atoms with Crippen LogP contribution in [0.3, 0.4) is 0 Å². The summed E-state index contributed by atoms with van der Waals surface area (Å²) in [7, 11) is 0. The number of nitrogen functional groups attached to an aromatic ring is 2. The molecule has 0 unspecified atom stereocenters. The zero-order valence-electron chi connectivity index (χ0n) is 9.54. The van der Waals surface area contributed by atoms with Gasteiger partial charge >= 0.3 is 0 Å². The van der Waals surface area contributed by atoms with Gasteiger partial charge in [-0.3, -0.25) is 0 Å². The number of pyridine rings is 1. The van der Waals surface area contributed by atoms with Crippen LogP contribution in [0.1, 0.15) is 0 Å². The van der Waals surface area contributed by atoms with Crippen LogP contribution in [0.5, 0.6) is 0 Å². The summed E-state index contributed by atoms with van der Waals surface area (Å²) in [6.07, 6.45) is 1.63. The fraction of sp³-hybridized carbons (Fsp3) is 0. The van der Waals surface area contributed by atoms with Gasteiger partial charge in [-0.05, 0) is 24.3 Å². The molecular formula is C13H11N5. The molecule has 3 aromatic rings. The third-order valence-corrected chi connectivity index (χ3v) is 2.66. The lowest BCUT2D eigenvalue weighted by Gasteiger charge is -2.05. The number of rotatable bonds is 1. The lowest BCUT2D eigenvalue weighted by molar-refractivity contribution is 1.18. The van der Waals surface area contributed by atoms with Gasteiger partial charge in [-0.2, -0.15) is 0 Å². The molecule has 2 heterocycles. The molecule has 0 aliphatic carbocycles. The predicted molar refractivity (Wildman–Crippen MR) is 71.6 cm³/mol. The van der Waals surface area contributed by atoms with Gasteiger partial charge in [0.05, 0.1) is 5.52 Å². The third kappa shape index (κ3) is 1.71. The minimum Gasteiger partial charge on any atom is -0.384 e. The van der Waals surface area contributed by atoms with Crippen molar-refractivity contribution in [2.45, 2.75) is 0 Å². The van der Waals surface area contributed by atoms with Crippen LogP contribution in [-0.4, -0.2) is 15.0 Å². The predicted octanol–water partition coefficient (Wildman–Crippen LogP) is 1.86. The summed E-state index contributed by atoms with van der Waals surface area (Å²) in [5, 5.41) is 0.993. The van der Waals surface area contributed by atoms with E-state index in [4.69, 9.17) is 11.5 Å². The first-order chi connectivity index (χ1) is 8.74. The first-order valence-electron chi connectivity index (χ1n) is 5.48. The number of hydrogen-bond acceptors (Lipinski definition) is 5. The van der Waals surface area contributed by atoms with Crippen molar-refractivity contribution in [2.24, 2.45) is 0 Å². The van der Waals surface area contributed by atoms with E-state index in [1.165, 1.54) is 0 Å². The van der Waals surface area contributed by atoms with E-state index in [2.05, 4.69) is 15.0 Å². The van der Waals surface area contributed by atoms with Crippen LogP contribution in [0.25, 0.3) is 22.3 Å². The molecule has 0 saturated carbocycles. The zero-order valence-corrected chi connectivity index (χ0v) is 9.54. The highest BCUT2D eigenvalue weighted by molar-refractivity contribution is 5.92.